The molecule has 180 valence electrons. The average molecular weight is 518 g/mol. The molecule has 0 aromatic heterocycles. The Kier molecular flexibility index (Phi) is 8.77. The molecule has 0 bridgehead atoms. The van der Waals surface area contributed by atoms with Gasteiger partial charge < -0.3 is 14.8 Å². The number of ether oxygens (including phenoxy) is 2. The largest absolute Gasteiger partial charge is 0.493 e. The fourth-order valence-corrected chi connectivity index (χ4v) is 3.23. The minimum Gasteiger partial charge on any atom is -0.493 e. The predicted octanol–water partition coefficient (Wildman–Crippen LogP) is 4.24. The first-order valence-corrected chi connectivity index (χ1v) is 10.7. The lowest BCUT2D eigenvalue weighted by atomic mass is 10.2. The molecule has 0 aliphatic heterocycles. The van der Waals surface area contributed by atoms with Gasteiger partial charge in [-0.05, 0) is 66.2 Å². The number of rotatable bonds is 8. The van der Waals surface area contributed by atoms with Crippen LogP contribution in [0.15, 0.2) is 65.8 Å². The van der Waals surface area contributed by atoms with Crippen LogP contribution in [0.3, 0.4) is 0 Å². The molecule has 2 amide bonds. The van der Waals surface area contributed by atoms with Crippen molar-refractivity contribution in [2.45, 2.75) is 0 Å². The van der Waals surface area contributed by atoms with E-state index in [-0.39, 0.29) is 34.2 Å². The van der Waals surface area contributed by atoms with Crippen molar-refractivity contribution in [2.24, 2.45) is 5.10 Å². The van der Waals surface area contributed by atoms with Crippen LogP contribution in [-0.4, -0.2) is 37.7 Å². The summed E-state index contributed by atoms with van der Waals surface area (Å²) in [6.45, 7) is -0.334. The van der Waals surface area contributed by atoms with E-state index in [4.69, 9.17) is 32.7 Å². The van der Waals surface area contributed by atoms with Crippen molar-refractivity contribution >= 4 is 47.2 Å². The summed E-state index contributed by atoms with van der Waals surface area (Å²) >= 11 is 11.9. The zero-order valence-corrected chi connectivity index (χ0v) is 19.7. The van der Waals surface area contributed by atoms with Crippen LogP contribution in [0.2, 0.25) is 10.0 Å². The average Bonchev–Trinajstić information content (AvgIpc) is 2.83. The van der Waals surface area contributed by atoms with Crippen molar-refractivity contribution in [1.82, 2.24) is 10.7 Å². The number of nitrogens with zero attached hydrogens (tertiary/aromatic N) is 1. The second-order valence-corrected chi connectivity index (χ2v) is 7.75. The van der Waals surface area contributed by atoms with Crippen LogP contribution in [0.5, 0.6) is 11.5 Å². The molecule has 0 aliphatic rings. The van der Waals surface area contributed by atoms with Gasteiger partial charge >= 0.3 is 5.97 Å². The molecule has 0 saturated heterocycles. The van der Waals surface area contributed by atoms with Crippen molar-refractivity contribution < 1.29 is 28.2 Å². The highest BCUT2D eigenvalue weighted by Gasteiger charge is 2.16. The standard InChI is InChI=1S/C24H18Cl2FN3O5/c1-34-21-10-14(2-9-20(21)35-24(33)18-8-5-16(25)11-19(18)26)12-29-30-22(31)13-28-23(32)15-3-6-17(27)7-4-15/h2-12H,13H2,1H3,(H,28,32)(H,30,31)/b29-12+. The first kappa shape index (κ1) is 25.7. The minimum absolute atomic E-state index is 0.137. The molecule has 0 atom stereocenters. The number of halogens is 3. The van der Waals surface area contributed by atoms with Gasteiger partial charge in [0.05, 0.1) is 30.5 Å². The zero-order valence-electron chi connectivity index (χ0n) is 18.2. The molecule has 0 radical (unpaired) electrons. The fraction of sp³-hybridized carbons (Fsp3) is 0.0833. The second-order valence-electron chi connectivity index (χ2n) is 6.91. The van der Waals surface area contributed by atoms with Crippen molar-refractivity contribution in [3.8, 4) is 11.5 Å². The summed E-state index contributed by atoms with van der Waals surface area (Å²) in [5.41, 5.74) is 3.15. The first-order valence-electron chi connectivity index (χ1n) is 9.97. The number of benzene rings is 3. The highest BCUT2D eigenvalue weighted by Crippen LogP contribution is 2.29. The van der Waals surface area contributed by atoms with Crippen LogP contribution in [0.1, 0.15) is 26.3 Å². The molecule has 0 spiro atoms. The van der Waals surface area contributed by atoms with Crippen molar-refractivity contribution in [3.05, 3.63) is 93.2 Å². The molecule has 0 saturated carbocycles. The number of hydrogen-bond donors (Lipinski definition) is 2. The number of carbonyl (C=O) groups excluding carboxylic acids is 3. The van der Waals surface area contributed by atoms with E-state index < -0.39 is 23.6 Å². The summed E-state index contributed by atoms with van der Waals surface area (Å²) in [5.74, 6) is -1.88. The molecule has 11 heteroatoms. The fourth-order valence-electron chi connectivity index (χ4n) is 2.74. The lowest BCUT2D eigenvalue weighted by Crippen LogP contribution is -2.34. The lowest BCUT2D eigenvalue weighted by Gasteiger charge is -2.10. The molecule has 35 heavy (non-hydrogen) atoms. The van der Waals surface area contributed by atoms with Gasteiger partial charge in [0.25, 0.3) is 11.8 Å². The van der Waals surface area contributed by atoms with Gasteiger partial charge in [-0.1, -0.05) is 23.2 Å². The number of esters is 1. The minimum atomic E-state index is -0.693. The van der Waals surface area contributed by atoms with Crippen LogP contribution in [0.4, 0.5) is 4.39 Å². The quantitative estimate of drug-likeness (QED) is 0.201. The molecule has 3 aromatic rings. The van der Waals surface area contributed by atoms with E-state index in [0.29, 0.717) is 10.6 Å². The van der Waals surface area contributed by atoms with E-state index in [1.54, 1.807) is 6.07 Å². The van der Waals surface area contributed by atoms with E-state index in [1.165, 1.54) is 55.8 Å². The number of nitrogens with one attached hydrogen (secondary N) is 2. The van der Waals surface area contributed by atoms with Gasteiger partial charge in [0, 0.05) is 10.6 Å². The van der Waals surface area contributed by atoms with Gasteiger partial charge in [-0.3, -0.25) is 9.59 Å². The number of carbonyl (C=O) groups is 3. The molecule has 8 nitrogen and oxygen atoms in total. The van der Waals surface area contributed by atoms with Gasteiger partial charge in [-0.25, -0.2) is 14.6 Å². The molecule has 0 aliphatic carbocycles. The van der Waals surface area contributed by atoms with Crippen LogP contribution >= 0.6 is 23.2 Å². The molecule has 2 N–H and O–H groups in total. The van der Waals surface area contributed by atoms with Gasteiger partial charge in [0.2, 0.25) is 0 Å². The Labute approximate surface area is 209 Å². The first-order chi connectivity index (χ1) is 16.8. The Bertz CT molecular complexity index is 1280. The second kappa shape index (κ2) is 12.0. The van der Waals surface area contributed by atoms with E-state index in [0.717, 1.165) is 12.1 Å². The topological polar surface area (TPSA) is 106 Å². The highest BCUT2D eigenvalue weighted by atomic mass is 35.5. The Morgan fingerprint density at radius 2 is 1.74 bits per heavy atom. The van der Waals surface area contributed by atoms with Gasteiger partial charge in [-0.15, -0.1) is 0 Å². The van der Waals surface area contributed by atoms with E-state index in [9.17, 15) is 18.8 Å². The van der Waals surface area contributed by atoms with Crippen LogP contribution in [-0.2, 0) is 4.79 Å². The molecule has 0 unspecified atom stereocenters. The van der Waals surface area contributed by atoms with Crippen molar-refractivity contribution in [2.75, 3.05) is 13.7 Å². The van der Waals surface area contributed by atoms with E-state index >= 15 is 0 Å². The summed E-state index contributed by atoms with van der Waals surface area (Å²) in [6, 6.07) is 13.9. The third kappa shape index (κ3) is 7.26. The van der Waals surface area contributed by atoms with Crippen molar-refractivity contribution in [3.63, 3.8) is 0 Å². The summed E-state index contributed by atoms with van der Waals surface area (Å²) < 4.78 is 23.5. The molecular formula is C24H18Cl2FN3O5. The molecule has 0 heterocycles. The van der Waals surface area contributed by atoms with Gasteiger partial charge in [-0.2, -0.15) is 5.10 Å². The maximum absolute atomic E-state index is 12.9. The summed E-state index contributed by atoms with van der Waals surface area (Å²) in [7, 11) is 1.40. The van der Waals surface area contributed by atoms with Crippen LogP contribution in [0.25, 0.3) is 0 Å². The Morgan fingerprint density at radius 1 is 1.00 bits per heavy atom. The van der Waals surface area contributed by atoms with Crippen LogP contribution < -0.4 is 20.2 Å². The molecule has 3 aromatic carbocycles. The maximum Gasteiger partial charge on any atom is 0.345 e. The third-order valence-corrected chi connectivity index (χ3v) is 5.01. The Morgan fingerprint density at radius 3 is 2.43 bits per heavy atom. The van der Waals surface area contributed by atoms with E-state index in [1.807, 2.05) is 0 Å². The third-order valence-electron chi connectivity index (χ3n) is 4.46. The lowest BCUT2D eigenvalue weighted by molar-refractivity contribution is -0.120. The SMILES string of the molecule is COc1cc(/C=N/NC(=O)CNC(=O)c2ccc(F)cc2)ccc1OC(=O)c1ccc(Cl)cc1Cl. The van der Waals surface area contributed by atoms with Crippen molar-refractivity contribution in [1.29, 1.82) is 0 Å². The molecular weight excluding hydrogens is 500 g/mol. The zero-order chi connectivity index (χ0) is 25.4. The van der Waals surface area contributed by atoms with Gasteiger partial charge in [0.15, 0.2) is 11.5 Å². The highest BCUT2D eigenvalue weighted by molar-refractivity contribution is 6.36. The monoisotopic (exact) mass is 517 g/mol. The normalized spacial score (nSPS) is 10.6. The number of amides is 2. The number of hydrogen-bond acceptors (Lipinski definition) is 6. The molecule has 3 rings (SSSR count). The summed E-state index contributed by atoms with van der Waals surface area (Å²) in [5, 5.41) is 6.75. The maximum atomic E-state index is 12.9. The molecule has 0 fully saturated rings. The predicted molar refractivity (Wildman–Crippen MR) is 129 cm³/mol. The number of methoxy groups -OCH3 is 1. The van der Waals surface area contributed by atoms with E-state index in [2.05, 4.69) is 15.8 Å². The Balaban J connectivity index is 1.55. The van der Waals surface area contributed by atoms with Crippen LogP contribution in [0, 0.1) is 5.82 Å². The summed E-state index contributed by atoms with van der Waals surface area (Å²) in [6.07, 6.45) is 1.34. The van der Waals surface area contributed by atoms with Gasteiger partial charge in [0.1, 0.15) is 5.82 Å². The Hall–Kier alpha value is -3.95. The summed E-state index contributed by atoms with van der Waals surface area (Å²) in [4.78, 5) is 36.3. The smallest absolute Gasteiger partial charge is 0.345 e. The number of hydrazone groups is 1.